The number of rotatable bonds is 2. The Morgan fingerprint density at radius 2 is 1.30 bits per heavy atom. The van der Waals surface area contributed by atoms with E-state index in [4.69, 9.17) is 0 Å². The molecule has 0 heterocycles. The first-order chi connectivity index (χ1) is 9.83. The average Bonchev–Trinajstić information content (AvgIpc) is 2.58. The van der Waals surface area contributed by atoms with Gasteiger partial charge in [0.2, 0.25) is 0 Å². The Kier molecular flexibility index (Phi) is 9.67. The first kappa shape index (κ1) is 17.9. The Hall–Kier alpha value is -2.09. The van der Waals surface area contributed by atoms with E-state index in [-0.39, 0.29) is 5.91 Å². The van der Waals surface area contributed by atoms with Gasteiger partial charge in [0.15, 0.2) is 0 Å². The summed E-state index contributed by atoms with van der Waals surface area (Å²) in [5, 5.41) is 2.65. The Bertz CT molecular complexity index is 492. The molecule has 0 radical (unpaired) electrons. The third-order valence-corrected chi connectivity index (χ3v) is 2.48. The van der Waals surface area contributed by atoms with Gasteiger partial charge in [-0.25, -0.2) is 0 Å². The van der Waals surface area contributed by atoms with Crippen LogP contribution in [0.15, 0.2) is 54.6 Å². The molecule has 0 aliphatic carbocycles. The molecule has 0 bridgehead atoms. The second-order valence-corrected chi connectivity index (χ2v) is 3.49. The van der Waals surface area contributed by atoms with Gasteiger partial charge < -0.3 is 5.32 Å². The minimum atomic E-state index is -0.0561. The second-order valence-electron chi connectivity index (χ2n) is 3.49. The van der Waals surface area contributed by atoms with Crippen LogP contribution in [0, 0.1) is 0 Å². The zero-order valence-electron chi connectivity index (χ0n) is 13.1. The SMILES string of the molecule is CC.CC.CNC(=O)c1ccccc1-c1ccccc1. The first-order valence-corrected chi connectivity index (χ1v) is 7.19. The highest BCUT2D eigenvalue weighted by Crippen LogP contribution is 2.22. The predicted molar refractivity (Wildman–Crippen MR) is 88.0 cm³/mol. The van der Waals surface area contributed by atoms with Crippen molar-refractivity contribution in [3.63, 3.8) is 0 Å². The molecule has 2 aromatic rings. The predicted octanol–water partition coefficient (Wildman–Crippen LogP) is 4.77. The molecule has 0 spiro atoms. The summed E-state index contributed by atoms with van der Waals surface area (Å²) in [7, 11) is 1.64. The quantitative estimate of drug-likeness (QED) is 0.838. The summed E-state index contributed by atoms with van der Waals surface area (Å²) >= 11 is 0. The van der Waals surface area contributed by atoms with E-state index < -0.39 is 0 Å². The molecule has 0 atom stereocenters. The van der Waals surface area contributed by atoms with Crippen LogP contribution >= 0.6 is 0 Å². The molecule has 0 saturated carbocycles. The van der Waals surface area contributed by atoms with Gasteiger partial charge in [0, 0.05) is 12.6 Å². The molecule has 20 heavy (non-hydrogen) atoms. The molecule has 108 valence electrons. The largest absolute Gasteiger partial charge is 0.355 e. The van der Waals surface area contributed by atoms with Crippen molar-refractivity contribution < 1.29 is 4.79 Å². The molecule has 0 fully saturated rings. The number of carbonyl (C=O) groups excluding carboxylic acids is 1. The zero-order valence-corrected chi connectivity index (χ0v) is 13.1. The van der Waals surface area contributed by atoms with Crippen molar-refractivity contribution in [3.8, 4) is 11.1 Å². The van der Waals surface area contributed by atoms with Crippen LogP contribution in [0.1, 0.15) is 38.1 Å². The summed E-state index contributed by atoms with van der Waals surface area (Å²) in [4.78, 5) is 11.7. The van der Waals surface area contributed by atoms with Crippen molar-refractivity contribution in [1.29, 1.82) is 0 Å². The van der Waals surface area contributed by atoms with Crippen LogP contribution in [-0.2, 0) is 0 Å². The molecular formula is C18H25NO. The number of benzene rings is 2. The van der Waals surface area contributed by atoms with Crippen LogP contribution in [0.2, 0.25) is 0 Å². The number of amides is 1. The fourth-order valence-electron chi connectivity index (χ4n) is 1.69. The van der Waals surface area contributed by atoms with E-state index in [2.05, 4.69) is 5.32 Å². The van der Waals surface area contributed by atoms with E-state index in [1.807, 2.05) is 82.3 Å². The number of nitrogens with one attached hydrogen (secondary N) is 1. The van der Waals surface area contributed by atoms with Crippen LogP contribution in [0.5, 0.6) is 0 Å². The highest BCUT2D eigenvalue weighted by molar-refractivity contribution is 6.00. The lowest BCUT2D eigenvalue weighted by molar-refractivity contribution is 0.0963. The van der Waals surface area contributed by atoms with Crippen LogP contribution < -0.4 is 5.32 Å². The Balaban J connectivity index is 0.000000829. The third kappa shape index (κ3) is 4.88. The number of hydrogen-bond acceptors (Lipinski definition) is 1. The van der Waals surface area contributed by atoms with Gasteiger partial charge in [-0.1, -0.05) is 76.2 Å². The second kappa shape index (κ2) is 10.8. The van der Waals surface area contributed by atoms with E-state index in [9.17, 15) is 4.79 Å². The Morgan fingerprint density at radius 1 is 0.800 bits per heavy atom. The molecular weight excluding hydrogens is 246 g/mol. The van der Waals surface area contributed by atoms with Crippen molar-refractivity contribution in [2.45, 2.75) is 27.7 Å². The molecule has 1 amide bonds. The zero-order chi connectivity index (χ0) is 15.4. The number of carbonyl (C=O) groups is 1. The lowest BCUT2D eigenvalue weighted by Gasteiger charge is -2.07. The van der Waals surface area contributed by atoms with Crippen molar-refractivity contribution in [3.05, 3.63) is 60.2 Å². The van der Waals surface area contributed by atoms with E-state index in [1.165, 1.54) is 0 Å². The highest BCUT2D eigenvalue weighted by Gasteiger charge is 2.09. The average molecular weight is 271 g/mol. The molecule has 1 N–H and O–H groups in total. The Labute approximate surface area is 122 Å². The molecule has 0 saturated heterocycles. The van der Waals surface area contributed by atoms with Gasteiger partial charge in [-0.3, -0.25) is 4.79 Å². The van der Waals surface area contributed by atoms with E-state index >= 15 is 0 Å². The summed E-state index contributed by atoms with van der Waals surface area (Å²) in [5.74, 6) is -0.0561. The van der Waals surface area contributed by atoms with Crippen LogP contribution in [-0.4, -0.2) is 13.0 Å². The van der Waals surface area contributed by atoms with Crippen molar-refractivity contribution in [1.82, 2.24) is 5.32 Å². The fourth-order valence-corrected chi connectivity index (χ4v) is 1.69. The molecule has 2 nitrogen and oxygen atoms in total. The van der Waals surface area contributed by atoms with Gasteiger partial charge in [0.05, 0.1) is 0 Å². The van der Waals surface area contributed by atoms with E-state index in [1.54, 1.807) is 7.05 Å². The van der Waals surface area contributed by atoms with Gasteiger partial charge in [-0.15, -0.1) is 0 Å². The summed E-state index contributed by atoms with van der Waals surface area (Å²) < 4.78 is 0. The fraction of sp³-hybridized carbons (Fsp3) is 0.278. The number of hydrogen-bond donors (Lipinski definition) is 1. The molecule has 0 unspecified atom stereocenters. The van der Waals surface area contributed by atoms with Gasteiger partial charge in [0.1, 0.15) is 0 Å². The van der Waals surface area contributed by atoms with E-state index in [0.717, 1.165) is 11.1 Å². The van der Waals surface area contributed by atoms with E-state index in [0.29, 0.717) is 5.56 Å². The first-order valence-electron chi connectivity index (χ1n) is 7.19. The lowest BCUT2D eigenvalue weighted by atomic mass is 9.99. The maximum absolute atomic E-state index is 11.7. The smallest absolute Gasteiger partial charge is 0.251 e. The lowest BCUT2D eigenvalue weighted by Crippen LogP contribution is -2.18. The van der Waals surface area contributed by atoms with Crippen LogP contribution in [0.3, 0.4) is 0 Å². The minimum absolute atomic E-state index is 0.0561. The maximum atomic E-state index is 11.7. The molecule has 0 aromatic heterocycles. The molecule has 2 aromatic carbocycles. The minimum Gasteiger partial charge on any atom is -0.355 e. The molecule has 2 heteroatoms. The van der Waals surface area contributed by atoms with Gasteiger partial charge in [-0.05, 0) is 17.2 Å². The van der Waals surface area contributed by atoms with Crippen molar-refractivity contribution in [2.75, 3.05) is 7.05 Å². The van der Waals surface area contributed by atoms with Crippen LogP contribution in [0.4, 0.5) is 0 Å². The Morgan fingerprint density at radius 3 is 1.85 bits per heavy atom. The summed E-state index contributed by atoms with van der Waals surface area (Å²) in [6, 6.07) is 17.5. The van der Waals surface area contributed by atoms with Crippen LogP contribution in [0.25, 0.3) is 11.1 Å². The monoisotopic (exact) mass is 271 g/mol. The summed E-state index contributed by atoms with van der Waals surface area (Å²) in [5.41, 5.74) is 2.72. The molecule has 2 rings (SSSR count). The van der Waals surface area contributed by atoms with Gasteiger partial charge in [0.25, 0.3) is 5.91 Å². The molecule has 0 aliphatic heterocycles. The highest BCUT2D eigenvalue weighted by atomic mass is 16.1. The maximum Gasteiger partial charge on any atom is 0.251 e. The van der Waals surface area contributed by atoms with Crippen molar-refractivity contribution >= 4 is 5.91 Å². The standard InChI is InChI=1S/C14H13NO.2C2H6/c1-15-14(16)13-10-6-5-9-12(13)11-7-3-2-4-8-11;2*1-2/h2-10H,1H3,(H,15,16);2*1-2H3. The molecule has 0 aliphatic rings. The third-order valence-electron chi connectivity index (χ3n) is 2.48. The summed E-state index contributed by atoms with van der Waals surface area (Å²) in [6.07, 6.45) is 0. The van der Waals surface area contributed by atoms with Crippen molar-refractivity contribution in [2.24, 2.45) is 0 Å². The van der Waals surface area contributed by atoms with Gasteiger partial charge >= 0.3 is 0 Å². The normalized spacial score (nSPS) is 8.45. The topological polar surface area (TPSA) is 29.1 Å². The summed E-state index contributed by atoms with van der Waals surface area (Å²) in [6.45, 7) is 8.00. The van der Waals surface area contributed by atoms with Gasteiger partial charge in [-0.2, -0.15) is 0 Å².